The van der Waals surface area contributed by atoms with E-state index in [4.69, 9.17) is 16.3 Å². The Morgan fingerprint density at radius 3 is 2.45 bits per heavy atom. The third-order valence-corrected chi connectivity index (χ3v) is 6.34. The predicted molar refractivity (Wildman–Crippen MR) is 125 cm³/mol. The van der Waals surface area contributed by atoms with Gasteiger partial charge < -0.3 is 24.8 Å². The normalized spacial score (nSPS) is 16.5. The van der Waals surface area contributed by atoms with Crippen molar-refractivity contribution in [2.75, 3.05) is 54.5 Å². The summed E-state index contributed by atoms with van der Waals surface area (Å²) in [5.74, 6) is 0.809. The average Bonchev–Trinajstić information content (AvgIpc) is 3.25. The number of anilines is 3. The number of aromatic nitrogens is 1. The molecule has 5 nitrogen and oxygen atoms in total. The summed E-state index contributed by atoms with van der Waals surface area (Å²) in [6, 6.07) is 14.0. The molecule has 0 aliphatic carbocycles. The first kappa shape index (κ1) is 22.0. The molecule has 2 N–H and O–H groups in total. The van der Waals surface area contributed by atoms with Crippen molar-refractivity contribution in [2.24, 2.45) is 0 Å². The van der Waals surface area contributed by atoms with Gasteiger partial charge in [-0.25, -0.2) is 0 Å². The van der Waals surface area contributed by atoms with Crippen molar-refractivity contribution in [3.05, 3.63) is 64.7 Å². The van der Waals surface area contributed by atoms with Crippen LogP contribution in [-0.4, -0.2) is 44.4 Å². The Morgan fingerprint density at radius 1 is 0.970 bits per heavy atom. The van der Waals surface area contributed by atoms with Crippen LogP contribution in [0.2, 0.25) is 5.02 Å². The summed E-state index contributed by atoms with van der Waals surface area (Å²) in [7, 11) is 0. The summed E-state index contributed by atoms with van der Waals surface area (Å²) >= 11 is 6.02. The first-order chi connectivity index (χ1) is 15.9. The molecule has 2 aliphatic rings. The molecule has 0 bridgehead atoms. The summed E-state index contributed by atoms with van der Waals surface area (Å²) < 4.78 is 46.0. The summed E-state index contributed by atoms with van der Waals surface area (Å²) in [6.07, 6.45) is -4.43. The number of hydrogen-bond acceptors (Lipinski definition) is 4. The van der Waals surface area contributed by atoms with Crippen LogP contribution >= 0.6 is 11.6 Å². The zero-order valence-electron chi connectivity index (χ0n) is 17.9. The van der Waals surface area contributed by atoms with E-state index in [0.29, 0.717) is 18.1 Å². The average molecular weight is 477 g/mol. The van der Waals surface area contributed by atoms with Gasteiger partial charge in [-0.05, 0) is 47.5 Å². The molecular weight excluding hydrogens is 453 g/mol. The lowest BCUT2D eigenvalue weighted by Crippen LogP contribution is -2.36. The molecule has 0 radical (unpaired) electrons. The molecule has 9 heteroatoms. The number of rotatable bonds is 4. The molecular formula is C24H24ClF3N4O. The van der Waals surface area contributed by atoms with Crippen molar-refractivity contribution in [1.29, 1.82) is 0 Å². The van der Waals surface area contributed by atoms with Crippen molar-refractivity contribution in [1.82, 2.24) is 4.98 Å². The molecule has 0 atom stereocenters. The maximum absolute atomic E-state index is 13.5. The number of fused-ring (bicyclic) bond motifs is 1. The van der Waals surface area contributed by atoms with Crippen LogP contribution < -0.4 is 15.1 Å². The van der Waals surface area contributed by atoms with Gasteiger partial charge in [0.2, 0.25) is 0 Å². The Balaban J connectivity index is 1.40. The van der Waals surface area contributed by atoms with Crippen LogP contribution in [0.4, 0.5) is 30.4 Å². The van der Waals surface area contributed by atoms with Gasteiger partial charge in [-0.15, -0.1) is 0 Å². The number of alkyl halides is 3. The van der Waals surface area contributed by atoms with E-state index >= 15 is 0 Å². The molecule has 3 aromatic rings. The highest BCUT2D eigenvalue weighted by molar-refractivity contribution is 6.30. The van der Waals surface area contributed by atoms with Gasteiger partial charge in [0.05, 0.1) is 24.5 Å². The fourth-order valence-electron chi connectivity index (χ4n) is 4.43. The molecule has 2 aliphatic heterocycles. The van der Waals surface area contributed by atoms with E-state index in [1.165, 1.54) is 12.1 Å². The SMILES string of the molecule is FC(F)(F)c1ccc(Cl)cc1CN1CCNc2[nH]c(-c3ccc(N4CCOCC4)cc3)cc21. The minimum absolute atomic E-state index is 0.122. The number of benzene rings is 2. The molecule has 0 saturated carbocycles. The van der Waals surface area contributed by atoms with Gasteiger partial charge in [0.25, 0.3) is 0 Å². The van der Waals surface area contributed by atoms with Crippen LogP contribution in [0.3, 0.4) is 0 Å². The second-order valence-corrected chi connectivity index (χ2v) is 8.67. The number of H-pyrrole nitrogens is 1. The van der Waals surface area contributed by atoms with E-state index < -0.39 is 11.7 Å². The highest BCUT2D eigenvalue weighted by Crippen LogP contribution is 2.38. The molecule has 0 spiro atoms. The fraction of sp³-hybridized carbons (Fsp3) is 0.333. The van der Waals surface area contributed by atoms with Gasteiger partial charge >= 0.3 is 6.18 Å². The number of morpholine rings is 1. The minimum Gasteiger partial charge on any atom is -0.378 e. The summed E-state index contributed by atoms with van der Waals surface area (Å²) in [5, 5.41) is 3.62. The van der Waals surface area contributed by atoms with Gasteiger partial charge in [0.1, 0.15) is 5.82 Å². The predicted octanol–water partition coefficient (Wildman–Crippen LogP) is 5.62. The molecule has 1 aromatic heterocycles. The minimum atomic E-state index is -4.43. The van der Waals surface area contributed by atoms with Crippen LogP contribution in [0.25, 0.3) is 11.3 Å². The second-order valence-electron chi connectivity index (χ2n) is 8.24. The van der Waals surface area contributed by atoms with E-state index in [0.717, 1.165) is 60.8 Å². The third-order valence-electron chi connectivity index (χ3n) is 6.11. The molecule has 2 aromatic carbocycles. The van der Waals surface area contributed by atoms with Gasteiger partial charge in [0, 0.05) is 49.1 Å². The van der Waals surface area contributed by atoms with Crippen LogP contribution in [-0.2, 0) is 17.5 Å². The molecule has 33 heavy (non-hydrogen) atoms. The zero-order valence-corrected chi connectivity index (χ0v) is 18.6. The van der Waals surface area contributed by atoms with E-state index in [2.05, 4.69) is 39.5 Å². The standard InChI is InChI=1S/C24H24ClF3N4O/c25-18-3-6-20(24(26,27)28)17(13-18)15-32-8-7-29-23-22(32)14-21(30-23)16-1-4-19(5-2-16)31-9-11-33-12-10-31/h1-6,13-14,29-30H,7-12,15H2. The van der Waals surface area contributed by atoms with E-state index in [1.54, 1.807) is 0 Å². The number of ether oxygens (including phenoxy) is 1. The summed E-state index contributed by atoms with van der Waals surface area (Å²) in [6.45, 7) is 4.55. The lowest BCUT2D eigenvalue weighted by molar-refractivity contribution is -0.138. The number of nitrogens with one attached hydrogen (secondary N) is 2. The first-order valence-electron chi connectivity index (χ1n) is 10.9. The van der Waals surface area contributed by atoms with E-state index in [-0.39, 0.29) is 12.1 Å². The van der Waals surface area contributed by atoms with E-state index in [9.17, 15) is 13.2 Å². The molecule has 1 fully saturated rings. The zero-order chi connectivity index (χ0) is 23.0. The number of nitrogens with zero attached hydrogens (tertiary/aromatic N) is 2. The van der Waals surface area contributed by atoms with Crippen LogP contribution in [0.1, 0.15) is 11.1 Å². The summed E-state index contributed by atoms with van der Waals surface area (Å²) in [4.78, 5) is 7.63. The maximum atomic E-state index is 13.5. The highest BCUT2D eigenvalue weighted by atomic mass is 35.5. The van der Waals surface area contributed by atoms with Gasteiger partial charge in [-0.3, -0.25) is 0 Å². The topological polar surface area (TPSA) is 43.5 Å². The third kappa shape index (κ3) is 4.63. The van der Waals surface area contributed by atoms with Crippen molar-refractivity contribution < 1.29 is 17.9 Å². The smallest absolute Gasteiger partial charge is 0.378 e. The summed E-state index contributed by atoms with van der Waals surface area (Å²) in [5.41, 5.74) is 3.44. The Bertz CT molecular complexity index is 1120. The molecule has 5 rings (SSSR count). The molecule has 3 heterocycles. The fourth-order valence-corrected chi connectivity index (χ4v) is 4.63. The van der Waals surface area contributed by atoms with Crippen molar-refractivity contribution >= 4 is 28.8 Å². The van der Waals surface area contributed by atoms with Crippen LogP contribution in [0.5, 0.6) is 0 Å². The number of hydrogen-bond donors (Lipinski definition) is 2. The van der Waals surface area contributed by atoms with Gasteiger partial charge in [-0.1, -0.05) is 23.7 Å². The quantitative estimate of drug-likeness (QED) is 0.513. The lowest BCUT2D eigenvalue weighted by atomic mass is 10.1. The van der Waals surface area contributed by atoms with Gasteiger partial charge in [0.15, 0.2) is 0 Å². The number of halogens is 4. The van der Waals surface area contributed by atoms with Gasteiger partial charge in [-0.2, -0.15) is 13.2 Å². The maximum Gasteiger partial charge on any atom is 0.416 e. The highest BCUT2D eigenvalue weighted by Gasteiger charge is 2.34. The van der Waals surface area contributed by atoms with Crippen molar-refractivity contribution in [3.8, 4) is 11.3 Å². The Morgan fingerprint density at radius 2 is 1.73 bits per heavy atom. The molecule has 1 saturated heterocycles. The largest absolute Gasteiger partial charge is 0.416 e. The van der Waals surface area contributed by atoms with Crippen molar-refractivity contribution in [2.45, 2.75) is 12.7 Å². The first-order valence-corrected chi connectivity index (χ1v) is 11.3. The molecule has 0 unspecified atom stereocenters. The lowest BCUT2D eigenvalue weighted by Gasteiger charge is -2.30. The molecule has 174 valence electrons. The van der Waals surface area contributed by atoms with Crippen LogP contribution in [0, 0.1) is 0 Å². The Labute approximate surface area is 195 Å². The Hall–Kier alpha value is -2.84. The molecule has 0 amide bonds. The Kier molecular flexibility index (Phi) is 5.88. The van der Waals surface area contributed by atoms with E-state index in [1.807, 2.05) is 11.0 Å². The van der Waals surface area contributed by atoms with Crippen molar-refractivity contribution in [3.63, 3.8) is 0 Å². The second kappa shape index (κ2) is 8.83. The monoisotopic (exact) mass is 476 g/mol. The van der Waals surface area contributed by atoms with Crippen LogP contribution in [0.15, 0.2) is 48.5 Å². The number of aromatic amines is 1.